The first-order chi connectivity index (χ1) is 7.50. The maximum Gasteiger partial charge on any atom is 0.142 e. The first kappa shape index (κ1) is 11.5. The summed E-state index contributed by atoms with van der Waals surface area (Å²) in [5.74, 6) is 0.343. The van der Waals surface area contributed by atoms with E-state index in [0.29, 0.717) is 12.2 Å². The van der Waals surface area contributed by atoms with Gasteiger partial charge in [0.25, 0.3) is 0 Å². The molecule has 1 heterocycles. The second-order valence-electron chi connectivity index (χ2n) is 4.93. The minimum Gasteiger partial charge on any atom is -0.369 e. The molecule has 0 radical (unpaired) electrons. The number of benzene rings is 1. The lowest BCUT2D eigenvalue weighted by Crippen LogP contribution is -2.46. The highest BCUT2D eigenvalue weighted by Gasteiger charge is 2.34. The van der Waals surface area contributed by atoms with Gasteiger partial charge in [-0.05, 0) is 12.1 Å². The van der Waals surface area contributed by atoms with Crippen molar-refractivity contribution in [3.05, 3.63) is 29.3 Å². The lowest BCUT2D eigenvalue weighted by molar-refractivity contribution is -0.127. The number of hydrogen-bond acceptors (Lipinski definition) is 2. The topological polar surface area (TPSA) is 20.3 Å². The summed E-state index contributed by atoms with van der Waals surface area (Å²) in [6, 6.07) is 7.80. The van der Waals surface area contributed by atoms with Crippen LogP contribution in [0.4, 0.5) is 5.69 Å². The number of para-hydroxylation sites is 1. The highest BCUT2D eigenvalue weighted by molar-refractivity contribution is 6.33. The Hall–Kier alpha value is -1.02. The van der Waals surface area contributed by atoms with E-state index < -0.39 is 0 Å². The van der Waals surface area contributed by atoms with E-state index in [-0.39, 0.29) is 5.41 Å². The Bertz CT molecular complexity index is 414. The molecule has 0 amide bonds. The molecule has 0 spiro atoms. The Morgan fingerprint density at radius 2 is 2.00 bits per heavy atom. The van der Waals surface area contributed by atoms with Gasteiger partial charge < -0.3 is 4.90 Å². The molecule has 0 aliphatic carbocycles. The number of rotatable bonds is 1. The molecular weight excluding hydrogens is 222 g/mol. The molecule has 0 atom stereocenters. The van der Waals surface area contributed by atoms with Gasteiger partial charge in [0.2, 0.25) is 0 Å². The number of halogens is 1. The Morgan fingerprint density at radius 3 is 2.62 bits per heavy atom. The van der Waals surface area contributed by atoms with E-state index in [9.17, 15) is 4.79 Å². The van der Waals surface area contributed by atoms with Crippen molar-refractivity contribution in [1.29, 1.82) is 0 Å². The molecule has 0 aromatic heterocycles. The summed E-state index contributed by atoms with van der Waals surface area (Å²) in [5.41, 5.74) is 0.766. The van der Waals surface area contributed by atoms with Crippen LogP contribution in [0.25, 0.3) is 0 Å². The molecule has 0 N–H and O–H groups in total. The number of hydrogen-bond donors (Lipinski definition) is 0. The summed E-state index contributed by atoms with van der Waals surface area (Å²) < 4.78 is 0. The van der Waals surface area contributed by atoms with Crippen molar-refractivity contribution >= 4 is 23.1 Å². The van der Waals surface area contributed by atoms with E-state index in [1.807, 2.05) is 38.1 Å². The molecule has 16 heavy (non-hydrogen) atoms. The van der Waals surface area contributed by atoms with Gasteiger partial charge in [-0.1, -0.05) is 37.6 Å². The third-order valence-corrected chi connectivity index (χ3v) is 3.46. The first-order valence-corrected chi connectivity index (χ1v) is 5.91. The van der Waals surface area contributed by atoms with Gasteiger partial charge >= 0.3 is 0 Å². The van der Waals surface area contributed by atoms with Crippen molar-refractivity contribution in [2.75, 3.05) is 18.0 Å². The molecule has 2 nitrogen and oxygen atoms in total. The molecule has 2 rings (SSSR count). The van der Waals surface area contributed by atoms with Crippen LogP contribution in [0.3, 0.4) is 0 Å². The number of ketones is 1. The molecule has 1 aromatic carbocycles. The van der Waals surface area contributed by atoms with Crippen LogP contribution < -0.4 is 4.90 Å². The molecule has 1 aromatic rings. The Morgan fingerprint density at radius 1 is 1.31 bits per heavy atom. The number of carbonyl (C=O) groups is 1. The fourth-order valence-corrected chi connectivity index (χ4v) is 2.39. The highest BCUT2D eigenvalue weighted by Crippen LogP contribution is 2.32. The molecule has 1 fully saturated rings. The van der Waals surface area contributed by atoms with Gasteiger partial charge in [0.15, 0.2) is 0 Å². The van der Waals surface area contributed by atoms with E-state index >= 15 is 0 Å². The number of carbonyl (C=O) groups excluding carboxylic acids is 1. The lowest BCUT2D eigenvalue weighted by atomic mass is 9.82. The van der Waals surface area contributed by atoms with Crippen LogP contribution in [-0.2, 0) is 4.79 Å². The van der Waals surface area contributed by atoms with Gasteiger partial charge in [-0.3, -0.25) is 4.79 Å². The van der Waals surface area contributed by atoms with Gasteiger partial charge in [-0.25, -0.2) is 0 Å². The second-order valence-corrected chi connectivity index (χ2v) is 5.34. The van der Waals surface area contributed by atoms with Crippen molar-refractivity contribution in [2.45, 2.75) is 20.3 Å². The predicted octanol–water partition coefficient (Wildman–Crippen LogP) is 3.15. The highest BCUT2D eigenvalue weighted by atomic mass is 35.5. The molecule has 86 valence electrons. The average Bonchev–Trinajstić information content (AvgIpc) is 2.23. The number of nitrogens with zero attached hydrogens (tertiary/aromatic N) is 1. The van der Waals surface area contributed by atoms with Crippen LogP contribution in [0.1, 0.15) is 20.3 Å². The van der Waals surface area contributed by atoms with E-state index in [4.69, 9.17) is 11.6 Å². The van der Waals surface area contributed by atoms with E-state index in [1.54, 1.807) is 0 Å². The zero-order chi connectivity index (χ0) is 11.8. The van der Waals surface area contributed by atoms with Gasteiger partial charge in [0, 0.05) is 24.9 Å². The fourth-order valence-electron chi connectivity index (χ4n) is 2.13. The number of piperidine rings is 1. The fraction of sp³-hybridized carbons (Fsp3) is 0.462. The molecule has 1 saturated heterocycles. The van der Waals surface area contributed by atoms with E-state index in [0.717, 1.165) is 23.8 Å². The summed E-state index contributed by atoms with van der Waals surface area (Å²) in [5, 5.41) is 0.757. The van der Waals surface area contributed by atoms with Gasteiger partial charge in [-0.2, -0.15) is 0 Å². The SMILES string of the molecule is CC1(C)CN(c2ccccc2Cl)CCC1=O. The largest absolute Gasteiger partial charge is 0.369 e. The Labute approximate surface area is 101 Å². The van der Waals surface area contributed by atoms with Crippen LogP contribution in [-0.4, -0.2) is 18.9 Å². The van der Waals surface area contributed by atoms with Crippen LogP contribution in [0, 0.1) is 5.41 Å². The van der Waals surface area contributed by atoms with Crippen molar-refractivity contribution in [2.24, 2.45) is 5.41 Å². The molecule has 0 unspecified atom stereocenters. The average molecular weight is 238 g/mol. The maximum atomic E-state index is 11.7. The maximum absolute atomic E-state index is 11.7. The summed E-state index contributed by atoms with van der Waals surface area (Å²) in [4.78, 5) is 13.9. The van der Waals surface area contributed by atoms with Gasteiger partial charge in [0.1, 0.15) is 5.78 Å². The predicted molar refractivity (Wildman–Crippen MR) is 67.1 cm³/mol. The zero-order valence-electron chi connectivity index (χ0n) is 9.66. The molecule has 1 aliphatic heterocycles. The minimum atomic E-state index is -0.266. The summed E-state index contributed by atoms with van der Waals surface area (Å²) in [6.07, 6.45) is 0.609. The third kappa shape index (κ3) is 2.07. The van der Waals surface area contributed by atoms with Crippen LogP contribution in [0.5, 0.6) is 0 Å². The quantitative estimate of drug-likeness (QED) is 0.748. The van der Waals surface area contributed by atoms with Crippen LogP contribution >= 0.6 is 11.6 Å². The lowest BCUT2D eigenvalue weighted by Gasteiger charge is -2.38. The van der Waals surface area contributed by atoms with Gasteiger partial charge in [0.05, 0.1) is 10.7 Å². The van der Waals surface area contributed by atoms with Crippen LogP contribution in [0.2, 0.25) is 5.02 Å². The van der Waals surface area contributed by atoms with E-state index in [1.165, 1.54) is 0 Å². The Kier molecular flexibility index (Phi) is 2.94. The van der Waals surface area contributed by atoms with Crippen molar-refractivity contribution < 1.29 is 4.79 Å². The minimum absolute atomic E-state index is 0.266. The molecular formula is C13H16ClNO. The summed E-state index contributed by atoms with van der Waals surface area (Å²) >= 11 is 6.16. The molecule has 0 saturated carbocycles. The number of Topliss-reactive ketones (excluding diaryl/α,β-unsaturated/α-hetero) is 1. The first-order valence-electron chi connectivity index (χ1n) is 5.53. The second kappa shape index (κ2) is 4.10. The zero-order valence-corrected chi connectivity index (χ0v) is 10.4. The van der Waals surface area contributed by atoms with Crippen molar-refractivity contribution in [3.63, 3.8) is 0 Å². The molecule has 0 bridgehead atoms. The summed E-state index contributed by atoms with van der Waals surface area (Å²) in [6.45, 7) is 5.51. The number of anilines is 1. The Balaban J connectivity index is 2.25. The molecule has 1 aliphatic rings. The summed E-state index contributed by atoms with van der Waals surface area (Å²) in [7, 11) is 0. The smallest absolute Gasteiger partial charge is 0.142 e. The monoisotopic (exact) mass is 237 g/mol. The van der Waals surface area contributed by atoms with Crippen molar-refractivity contribution in [1.82, 2.24) is 0 Å². The van der Waals surface area contributed by atoms with Crippen LogP contribution in [0.15, 0.2) is 24.3 Å². The van der Waals surface area contributed by atoms with Crippen molar-refractivity contribution in [3.8, 4) is 0 Å². The third-order valence-electron chi connectivity index (χ3n) is 3.14. The molecule has 3 heteroatoms. The van der Waals surface area contributed by atoms with Gasteiger partial charge in [-0.15, -0.1) is 0 Å². The normalized spacial score (nSPS) is 19.9. The van der Waals surface area contributed by atoms with E-state index in [2.05, 4.69) is 4.90 Å². The standard InChI is InChI=1S/C13H16ClNO/c1-13(2)9-15(8-7-12(13)16)11-6-4-3-5-10(11)14/h3-6H,7-9H2,1-2H3.